The minimum absolute atomic E-state index is 0.165. The van der Waals surface area contributed by atoms with Gasteiger partial charge in [0.25, 0.3) is 11.4 Å². The third-order valence-electron chi connectivity index (χ3n) is 6.91. The summed E-state index contributed by atoms with van der Waals surface area (Å²) in [5, 5.41) is 30.2. The molecule has 5 rings (SSSR count). The van der Waals surface area contributed by atoms with E-state index in [2.05, 4.69) is 30.3 Å². The SMILES string of the molecule is [C-]#[N+]C1=C(c2ccc([N+]#[C-])cc2)/C(=C(/C#N)[N+]#[C-])c2cc3c(cc21)C(C#N)=C(c1ccc([N+]#[C-])cc1)/C3=C(\C#N)[N+]#[C-]. The van der Waals surface area contributed by atoms with Crippen molar-refractivity contribution >= 4 is 44.9 Å². The third-order valence-corrected chi connectivity index (χ3v) is 6.91. The lowest BCUT2D eigenvalue weighted by atomic mass is 9.91. The first-order chi connectivity index (χ1) is 20.5. The molecule has 0 saturated heterocycles. The zero-order valence-electron chi connectivity index (χ0n) is 21.4. The van der Waals surface area contributed by atoms with Crippen LogP contribution in [-0.2, 0) is 0 Å². The van der Waals surface area contributed by atoms with Crippen LogP contribution in [0.2, 0.25) is 0 Å². The Morgan fingerprint density at radius 3 is 1.43 bits per heavy atom. The molecule has 8 nitrogen and oxygen atoms in total. The van der Waals surface area contributed by atoms with Crippen LogP contribution in [0.5, 0.6) is 0 Å². The summed E-state index contributed by atoms with van der Waals surface area (Å²) >= 11 is 0. The van der Waals surface area contributed by atoms with E-state index < -0.39 is 0 Å². The van der Waals surface area contributed by atoms with E-state index in [1.165, 1.54) is 0 Å². The van der Waals surface area contributed by atoms with Crippen LogP contribution >= 0.6 is 0 Å². The highest BCUT2D eigenvalue weighted by molar-refractivity contribution is 6.29. The summed E-state index contributed by atoms with van der Waals surface area (Å²) in [4.78, 5) is 17.4. The van der Waals surface area contributed by atoms with Crippen molar-refractivity contribution in [1.82, 2.24) is 0 Å². The molecule has 42 heavy (non-hydrogen) atoms. The zero-order chi connectivity index (χ0) is 30.0. The molecule has 0 unspecified atom stereocenters. The molecule has 8 heteroatoms. The van der Waals surface area contributed by atoms with Crippen LogP contribution in [0.25, 0.3) is 57.8 Å². The van der Waals surface area contributed by atoms with Gasteiger partial charge in [-0.3, -0.25) is 0 Å². The predicted octanol–water partition coefficient (Wildman–Crippen LogP) is 8.35. The van der Waals surface area contributed by atoms with Gasteiger partial charge in [-0.05, 0) is 56.2 Å². The van der Waals surface area contributed by atoms with Crippen LogP contribution in [0.1, 0.15) is 33.4 Å². The Hall–Kier alpha value is -7.46. The Kier molecular flexibility index (Phi) is 6.45. The van der Waals surface area contributed by atoms with Crippen molar-refractivity contribution in [2.75, 3.05) is 0 Å². The number of benzene rings is 3. The number of allylic oxidation sites excluding steroid dienone is 7. The summed E-state index contributed by atoms with van der Waals surface area (Å²) < 4.78 is 0. The van der Waals surface area contributed by atoms with Gasteiger partial charge in [0.2, 0.25) is 5.70 Å². The van der Waals surface area contributed by atoms with E-state index in [0.717, 1.165) is 0 Å². The van der Waals surface area contributed by atoms with Crippen molar-refractivity contribution in [1.29, 1.82) is 15.8 Å². The molecule has 0 aliphatic heterocycles. The highest BCUT2D eigenvalue weighted by Crippen LogP contribution is 2.55. The Morgan fingerprint density at radius 1 is 0.548 bits per heavy atom. The summed E-state index contributed by atoms with van der Waals surface area (Å²) in [5.74, 6) is 0. The fraction of sp³-hybridized carbons (Fsp3) is 0. The van der Waals surface area contributed by atoms with Crippen molar-refractivity contribution in [2.45, 2.75) is 0 Å². The molecule has 0 saturated carbocycles. The molecule has 2 aliphatic carbocycles. The molecule has 0 spiro atoms. The standard InChI is InChI=1S/C34H10N8/c1-38-21-10-6-19(7-11-21)30-27(16-35)23-14-26-25(15-24(23)32(30)28(17-36)40-3)33(29(18-37)41-4)31(34(26)42-5)20-8-12-22(39-2)13-9-20/h6-15H/b32-28+,33-29-. The number of hydrogen-bond donors (Lipinski definition) is 0. The van der Waals surface area contributed by atoms with E-state index in [-0.39, 0.29) is 33.8 Å². The minimum Gasteiger partial charge on any atom is -0.238 e. The van der Waals surface area contributed by atoms with E-state index in [4.69, 9.17) is 32.9 Å². The molecule has 0 aromatic heterocycles. The van der Waals surface area contributed by atoms with Crippen molar-refractivity contribution in [2.24, 2.45) is 0 Å². The summed E-state index contributed by atoms with van der Waals surface area (Å²) in [6, 6.07) is 22.2. The summed E-state index contributed by atoms with van der Waals surface area (Å²) in [6.45, 7) is 38.0. The molecule has 3 aromatic rings. The van der Waals surface area contributed by atoms with Crippen molar-refractivity contribution in [3.63, 3.8) is 0 Å². The third kappa shape index (κ3) is 3.78. The fourth-order valence-corrected chi connectivity index (χ4v) is 5.17. The molecule has 0 atom stereocenters. The van der Waals surface area contributed by atoms with Crippen molar-refractivity contribution < 1.29 is 0 Å². The predicted molar refractivity (Wildman–Crippen MR) is 156 cm³/mol. The smallest absolute Gasteiger partial charge is 0.238 e. The van der Waals surface area contributed by atoms with Crippen LogP contribution in [0.15, 0.2) is 72.1 Å². The average Bonchev–Trinajstić information content (AvgIpc) is 3.53. The molecule has 0 N–H and O–H groups in total. The summed E-state index contributed by atoms with van der Waals surface area (Å²) in [6.07, 6.45) is 0. The second-order valence-corrected chi connectivity index (χ2v) is 8.85. The fourth-order valence-electron chi connectivity index (χ4n) is 5.17. The topological polar surface area (TPSA) is 93.2 Å². The molecule has 0 bridgehead atoms. The normalized spacial score (nSPS) is 14.9. The summed E-state index contributed by atoms with van der Waals surface area (Å²) in [5.41, 5.74) is 4.37. The molecule has 2 aliphatic rings. The zero-order valence-corrected chi connectivity index (χ0v) is 21.4. The molecular formula is C34H10N8. The summed E-state index contributed by atoms with van der Waals surface area (Å²) in [7, 11) is 0. The second kappa shape index (κ2) is 10.4. The molecule has 0 radical (unpaired) electrons. The second-order valence-electron chi connectivity index (χ2n) is 8.85. The number of fused-ring (bicyclic) bond motifs is 2. The van der Waals surface area contributed by atoms with Gasteiger partial charge in [-0.1, -0.05) is 54.6 Å². The van der Waals surface area contributed by atoms with Gasteiger partial charge in [0.1, 0.15) is 6.07 Å². The van der Waals surface area contributed by atoms with E-state index in [1.807, 2.05) is 12.1 Å². The van der Waals surface area contributed by atoms with Crippen LogP contribution in [0.3, 0.4) is 0 Å². The van der Waals surface area contributed by atoms with Crippen molar-refractivity contribution in [3.8, 4) is 18.2 Å². The molecule has 0 amide bonds. The first-order valence-corrected chi connectivity index (χ1v) is 12.0. The maximum absolute atomic E-state index is 10.3. The lowest BCUT2D eigenvalue weighted by Gasteiger charge is -2.13. The Labute approximate surface area is 241 Å². The van der Waals surface area contributed by atoms with E-state index in [0.29, 0.717) is 55.9 Å². The molecule has 0 heterocycles. The monoisotopic (exact) mass is 530 g/mol. The largest absolute Gasteiger partial charge is 0.270 e. The Morgan fingerprint density at radius 2 is 1.00 bits per heavy atom. The van der Waals surface area contributed by atoms with E-state index in [9.17, 15) is 15.8 Å². The van der Waals surface area contributed by atoms with Gasteiger partial charge in [0.15, 0.2) is 11.4 Å². The first-order valence-electron chi connectivity index (χ1n) is 12.0. The van der Waals surface area contributed by atoms with Crippen LogP contribution in [0, 0.1) is 66.9 Å². The maximum atomic E-state index is 10.3. The molecule has 0 fully saturated rings. The minimum atomic E-state index is -0.256. The van der Waals surface area contributed by atoms with E-state index in [1.54, 1.807) is 60.7 Å². The number of rotatable bonds is 2. The van der Waals surface area contributed by atoms with Gasteiger partial charge in [-0.2, -0.15) is 5.26 Å². The molecular weight excluding hydrogens is 520 g/mol. The van der Waals surface area contributed by atoms with Gasteiger partial charge in [-0.25, -0.2) is 34.7 Å². The number of nitriles is 3. The number of nitrogens with zero attached hydrogens (tertiary/aromatic N) is 8. The Balaban J connectivity index is 1.91. The van der Waals surface area contributed by atoms with Crippen LogP contribution < -0.4 is 0 Å². The molecule has 186 valence electrons. The highest BCUT2D eigenvalue weighted by atomic mass is 14.7. The maximum Gasteiger partial charge on any atom is 0.270 e. The van der Waals surface area contributed by atoms with Crippen molar-refractivity contribution in [3.05, 3.63) is 163 Å². The van der Waals surface area contributed by atoms with Gasteiger partial charge in [0.05, 0.1) is 50.6 Å². The van der Waals surface area contributed by atoms with Crippen LogP contribution in [0.4, 0.5) is 11.4 Å². The van der Waals surface area contributed by atoms with Crippen LogP contribution in [-0.4, -0.2) is 0 Å². The van der Waals surface area contributed by atoms with Gasteiger partial charge in [-0.15, -0.1) is 0 Å². The van der Waals surface area contributed by atoms with Gasteiger partial charge in [0, 0.05) is 5.57 Å². The lowest BCUT2D eigenvalue weighted by Crippen LogP contribution is -1.94. The van der Waals surface area contributed by atoms with Gasteiger partial charge >= 0.3 is 0 Å². The average molecular weight is 531 g/mol. The quantitative estimate of drug-likeness (QED) is 0.246. The van der Waals surface area contributed by atoms with Gasteiger partial charge < -0.3 is 0 Å². The number of hydrogen-bond acceptors (Lipinski definition) is 3. The molecule has 3 aromatic carbocycles. The first kappa shape index (κ1) is 26.2. The highest BCUT2D eigenvalue weighted by Gasteiger charge is 2.36. The van der Waals surface area contributed by atoms with E-state index >= 15 is 0 Å². The Bertz CT molecular complexity index is 2040. The lowest BCUT2D eigenvalue weighted by molar-refractivity contribution is 1.47.